The van der Waals surface area contributed by atoms with Gasteiger partial charge in [-0.05, 0) is 6.92 Å². The molecule has 0 bridgehead atoms. The fraction of sp³-hybridized carbons (Fsp3) is 0.250. The fourth-order valence-electron chi connectivity index (χ4n) is 0. The number of carbonyl (C=O) groups is 1. The Labute approximate surface area is 52.0 Å². The molecule has 0 aromatic rings. The van der Waals surface area contributed by atoms with Gasteiger partial charge >= 0.3 is 5.97 Å². The second kappa shape index (κ2) is 6.52. The summed E-state index contributed by atoms with van der Waals surface area (Å²) in [6.07, 6.45) is 0. The van der Waals surface area contributed by atoms with Gasteiger partial charge < -0.3 is 16.2 Å². The molecular formula is C4H6N3O2-. The molecule has 0 saturated carbocycles. The van der Waals surface area contributed by atoms with Crippen molar-refractivity contribution in [3.05, 3.63) is 28.1 Å². The fourth-order valence-corrected chi connectivity index (χ4v) is 0. The van der Waals surface area contributed by atoms with Gasteiger partial charge in [-0.1, -0.05) is 6.58 Å². The summed E-state index contributed by atoms with van der Waals surface area (Å²) in [6.45, 7) is 4.60. The Kier molecular flexibility index (Phi) is 7.60. The van der Waals surface area contributed by atoms with Crippen LogP contribution >= 0.6 is 0 Å². The van der Waals surface area contributed by atoms with E-state index in [-0.39, 0.29) is 5.57 Å². The standard InChI is InChI=1S/C4H6O2.N3/c1-3(2)4(5)6;1-3-2/h1H2,2H3,(H,5,6);/q;-1. The Morgan fingerprint density at radius 1 is 1.67 bits per heavy atom. The van der Waals surface area contributed by atoms with Gasteiger partial charge in [0, 0.05) is 5.57 Å². The highest BCUT2D eigenvalue weighted by atomic mass is 16.4. The Balaban J connectivity index is 0. The third-order valence-electron chi connectivity index (χ3n) is 0.365. The van der Waals surface area contributed by atoms with Crippen molar-refractivity contribution in [2.24, 2.45) is 0 Å². The highest BCUT2D eigenvalue weighted by Gasteiger charge is 1.90. The van der Waals surface area contributed by atoms with Crippen molar-refractivity contribution in [2.45, 2.75) is 6.92 Å². The third-order valence-corrected chi connectivity index (χ3v) is 0.365. The van der Waals surface area contributed by atoms with Crippen molar-refractivity contribution in [3.63, 3.8) is 0 Å². The highest BCUT2D eigenvalue weighted by molar-refractivity contribution is 5.84. The van der Waals surface area contributed by atoms with Crippen molar-refractivity contribution < 1.29 is 9.90 Å². The van der Waals surface area contributed by atoms with E-state index >= 15 is 0 Å². The maximum absolute atomic E-state index is 9.60. The summed E-state index contributed by atoms with van der Waals surface area (Å²) in [4.78, 5) is 11.1. The van der Waals surface area contributed by atoms with E-state index in [1.54, 1.807) is 0 Å². The van der Waals surface area contributed by atoms with E-state index in [4.69, 9.17) is 16.2 Å². The zero-order valence-electron chi connectivity index (χ0n) is 4.90. The minimum atomic E-state index is -0.935. The molecule has 0 fully saturated rings. The van der Waals surface area contributed by atoms with Crippen LogP contribution < -0.4 is 0 Å². The minimum absolute atomic E-state index is 0.176. The molecule has 0 aliphatic heterocycles. The van der Waals surface area contributed by atoms with Crippen LogP contribution in [0, 0.1) is 0 Å². The lowest BCUT2D eigenvalue weighted by Crippen LogP contribution is -1.92. The van der Waals surface area contributed by atoms with Crippen molar-refractivity contribution >= 4 is 5.97 Å². The lowest BCUT2D eigenvalue weighted by Gasteiger charge is -1.79. The molecule has 0 aliphatic rings. The first kappa shape index (κ1) is 10.5. The van der Waals surface area contributed by atoms with Gasteiger partial charge in [0.15, 0.2) is 0 Å². The maximum atomic E-state index is 9.60. The number of rotatable bonds is 1. The second-order valence-electron chi connectivity index (χ2n) is 1.17. The largest absolute Gasteiger partial charge is 0.478 e. The van der Waals surface area contributed by atoms with Crippen LogP contribution in [0.1, 0.15) is 6.92 Å². The van der Waals surface area contributed by atoms with Crippen LogP contribution in [-0.2, 0) is 4.79 Å². The molecule has 0 aromatic heterocycles. The van der Waals surface area contributed by atoms with Crippen molar-refractivity contribution in [2.75, 3.05) is 0 Å². The van der Waals surface area contributed by atoms with Gasteiger partial charge in [-0.3, -0.25) is 4.91 Å². The predicted octanol–water partition coefficient (Wildman–Crippen LogP) is 1.51. The topological polar surface area (TPSA) is 96.0 Å². The van der Waals surface area contributed by atoms with Gasteiger partial charge in [0.1, 0.15) is 0 Å². The molecule has 0 rings (SSSR count). The molecule has 9 heavy (non-hydrogen) atoms. The Bertz CT molecular complexity index is 134. The maximum Gasteiger partial charge on any atom is 0.330 e. The first-order chi connectivity index (χ1) is 4.06. The Morgan fingerprint density at radius 3 is 1.78 bits per heavy atom. The van der Waals surface area contributed by atoms with Crippen LogP contribution in [0.15, 0.2) is 12.2 Å². The van der Waals surface area contributed by atoms with Crippen LogP contribution in [0.4, 0.5) is 0 Å². The zero-order chi connectivity index (χ0) is 7.86. The van der Waals surface area contributed by atoms with E-state index in [9.17, 15) is 4.79 Å². The summed E-state index contributed by atoms with van der Waals surface area (Å²) < 4.78 is 0. The number of nitrogens with zero attached hydrogens (tertiary/aromatic N) is 3. The average Bonchev–Trinajstić information content (AvgIpc) is 1.68. The molecule has 0 heterocycles. The molecule has 0 unspecified atom stereocenters. The highest BCUT2D eigenvalue weighted by Crippen LogP contribution is 1.81. The van der Waals surface area contributed by atoms with Gasteiger partial charge in [-0.2, -0.15) is 0 Å². The molecule has 0 atom stereocenters. The number of hydrogen-bond donors (Lipinski definition) is 1. The summed E-state index contributed by atoms with van der Waals surface area (Å²) in [5.74, 6) is -0.935. The van der Waals surface area contributed by atoms with Crippen LogP contribution in [0.3, 0.4) is 0 Å². The lowest BCUT2D eigenvalue weighted by molar-refractivity contribution is -0.132. The summed E-state index contributed by atoms with van der Waals surface area (Å²) in [6, 6.07) is 0. The first-order valence-electron chi connectivity index (χ1n) is 1.93. The molecule has 50 valence electrons. The number of carboxylic acid groups (broad SMARTS) is 1. The molecule has 0 aliphatic carbocycles. The van der Waals surface area contributed by atoms with Crippen LogP contribution in [-0.4, -0.2) is 11.1 Å². The smallest absolute Gasteiger partial charge is 0.330 e. The van der Waals surface area contributed by atoms with Gasteiger partial charge in [-0.25, -0.2) is 4.79 Å². The number of carboxylic acids is 1. The van der Waals surface area contributed by atoms with E-state index in [1.807, 2.05) is 0 Å². The molecule has 5 heteroatoms. The Morgan fingerprint density at radius 2 is 1.78 bits per heavy atom. The predicted molar refractivity (Wildman–Crippen MR) is 32.5 cm³/mol. The average molecular weight is 128 g/mol. The summed E-state index contributed by atoms with van der Waals surface area (Å²) in [5.41, 5.74) is 13.7. The summed E-state index contributed by atoms with van der Waals surface area (Å²) >= 11 is 0. The zero-order valence-corrected chi connectivity index (χ0v) is 4.90. The van der Waals surface area contributed by atoms with Gasteiger partial charge in [0.25, 0.3) is 0 Å². The molecule has 0 aromatic carbocycles. The summed E-state index contributed by atoms with van der Waals surface area (Å²) in [7, 11) is 0. The Hall–Kier alpha value is -1.48. The third kappa shape index (κ3) is 21.0. The second-order valence-corrected chi connectivity index (χ2v) is 1.17. The first-order valence-corrected chi connectivity index (χ1v) is 1.93. The van der Waals surface area contributed by atoms with E-state index < -0.39 is 5.97 Å². The molecule has 0 saturated heterocycles. The van der Waals surface area contributed by atoms with E-state index in [1.165, 1.54) is 11.8 Å². The van der Waals surface area contributed by atoms with Gasteiger partial charge in [0.05, 0.1) is 0 Å². The lowest BCUT2D eigenvalue weighted by atomic mass is 10.4. The van der Waals surface area contributed by atoms with Gasteiger partial charge in [-0.15, -0.1) is 0 Å². The van der Waals surface area contributed by atoms with E-state index in [2.05, 4.69) is 6.58 Å². The van der Waals surface area contributed by atoms with Crippen LogP contribution in [0.5, 0.6) is 0 Å². The monoisotopic (exact) mass is 128 g/mol. The molecular weight excluding hydrogens is 122 g/mol. The van der Waals surface area contributed by atoms with Crippen molar-refractivity contribution in [3.8, 4) is 0 Å². The van der Waals surface area contributed by atoms with E-state index in [0.717, 1.165) is 0 Å². The summed E-state index contributed by atoms with van der Waals surface area (Å²) in [5, 5.41) is 7.89. The molecule has 1 N–H and O–H groups in total. The van der Waals surface area contributed by atoms with Gasteiger partial charge in [0.2, 0.25) is 0 Å². The minimum Gasteiger partial charge on any atom is -0.478 e. The van der Waals surface area contributed by atoms with E-state index in [0.29, 0.717) is 0 Å². The quantitative estimate of drug-likeness (QED) is 0.250. The number of aliphatic carboxylic acids is 1. The normalized spacial score (nSPS) is 5.89. The molecule has 5 nitrogen and oxygen atoms in total. The molecule has 0 spiro atoms. The van der Waals surface area contributed by atoms with Crippen LogP contribution in [0.2, 0.25) is 0 Å². The van der Waals surface area contributed by atoms with Crippen molar-refractivity contribution in [1.82, 2.24) is 0 Å². The molecule has 0 amide bonds. The molecule has 0 radical (unpaired) electrons. The van der Waals surface area contributed by atoms with Crippen LogP contribution in [0.25, 0.3) is 16.0 Å². The number of hydrogen-bond acceptors (Lipinski definition) is 1. The van der Waals surface area contributed by atoms with Crippen molar-refractivity contribution in [1.29, 1.82) is 0 Å². The SMILES string of the molecule is C=C(C)C(=O)O.[N-]=[N+]=[N-].